The number of halogens is 23. The van der Waals surface area contributed by atoms with E-state index in [9.17, 15) is 101 Å². The standard InChI is InChI=1S/C11F23NO/c12-1(13,2(14,15)4(18,19)6(22,23)24)3(16,17)5(20,21)7(25,26)35-8(27,28)10(31,32)36-11(33,34)9(35,29)30. The lowest BCUT2D eigenvalue weighted by Gasteiger charge is -2.51. The molecule has 2 nitrogen and oxygen atoms in total. The Labute approximate surface area is 178 Å². The maximum Gasteiger partial charge on any atom is 0.460 e. The van der Waals surface area contributed by atoms with Gasteiger partial charge in [-0.3, -0.25) is 0 Å². The summed E-state index contributed by atoms with van der Waals surface area (Å²) in [7, 11) is 0. The molecular formula is C11F23NO. The van der Waals surface area contributed by atoms with E-state index in [4.69, 9.17) is 0 Å². The molecule has 0 aliphatic carbocycles. The molecule has 1 saturated heterocycles. The SMILES string of the molecule is FC(F)(F)C(F)(F)C(F)(F)C(F)(F)C(F)(F)C(F)(F)C(F)(F)N1C(F)(F)C(F)(F)OC(F)(F)C1(F)F. The summed E-state index contributed by atoms with van der Waals surface area (Å²) in [6.07, 6.45) is -23.1. The summed E-state index contributed by atoms with van der Waals surface area (Å²) in [6.45, 7) is 0. The molecule has 25 heteroatoms. The second kappa shape index (κ2) is 7.45. The lowest BCUT2D eigenvalue weighted by Crippen LogP contribution is -2.82. The van der Waals surface area contributed by atoms with Gasteiger partial charge in [-0.05, 0) is 0 Å². The van der Waals surface area contributed by atoms with Gasteiger partial charge in [-0.25, -0.2) is 4.74 Å². The molecule has 216 valence electrons. The highest BCUT2D eigenvalue weighted by Gasteiger charge is 2.97. The summed E-state index contributed by atoms with van der Waals surface area (Å²) in [5, 5.41) is 0. The van der Waals surface area contributed by atoms with Crippen molar-refractivity contribution in [3.63, 3.8) is 0 Å². The molecule has 1 aliphatic rings. The average molecular weight is 599 g/mol. The first kappa shape index (κ1) is 32.3. The average Bonchev–Trinajstić information content (AvgIpc) is 2.56. The molecule has 1 heterocycles. The van der Waals surface area contributed by atoms with Crippen LogP contribution in [0.1, 0.15) is 0 Å². The van der Waals surface area contributed by atoms with Gasteiger partial charge < -0.3 is 0 Å². The van der Waals surface area contributed by atoms with E-state index >= 15 is 0 Å². The van der Waals surface area contributed by atoms with Crippen LogP contribution in [0.4, 0.5) is 101 Å². The number of alkyl halides is 23. The van der Waals surface area contributed by atoms with Gasteiger partial charge in [0.2, 0.25) is 0 Å². The minimum Gasteiger partial charge on any atom is -0.243 e. The minimum absolute atomic E-state index is 1.45. The summed E-state index contributed by atoms with van der Waals surface area (Å²) in [5.74, 6) is -45.3. The van der Waals surface area contributed by atoms with Gasteiger partial charge in [0.05, 0.1) is 0 Å². The topological polar surface area (TPSA) is 12.5 Å². The van der Waals surface area contributed by atoms with Crippen molar-refractivity contribution in [2.24, 2.45) is 0 Å². The molecular weight excluding hydrogens is 599 g/mol. The van der Waals surface area contributed by atoms with E-state index in [2.05, 4.69) is 0 Å². The molecule has 0 aromatic rings. The van der Waals surface area contributed by atoms with E-state index in [0.29, 0.717) is 0 Å². The highest BCUT2D eigenvalue weighted by molar-refractivity contribution is 5.14. The normalized spacial score (nSPS) is 24.1. The number of morpholine rings is 1. The van der Waals surface area contributed by atoms with E-state index < -0.39 is 71.0 Å². The van der Waals surface area contributed by atoms with Crippen LogP contribution >= 0.6 is 0 Å². The third-order valence-electron chi connectivity index (χ3n) is 4.11. The predicted molar refractivity (Wildman–Crippen MR) is 58.4 cm³/mol. The summed E-state index contributed by atoms with van der Waals surface area (Å²) < 4.78 is 302. The highest BCUT2D eigenvalue weighted by Crippen LogP contribution is 2.66. The van der Waals surface area contributed by atoms with Gasteiger partial charge >= 0.3 is 66.1 Å². The zero-order chi connectivity index (χ0) is 29.8. The largest absolute Gasteiger partial charge is 0.460 e. The van der Waals surface area contributed by atoms with Gasteiger partial charge in [0.25, 0.3) is 0 Å². The molecule has 0 bridgehead atoms. The fourth-order valence-electron chi connectivity index (χ4n) is 2.17. The van der Waals surface area contributed by atoms with E-state index in [1.54, 1.807) is 0 Å². The van der Waals surface area contributed by atoms with E-state index in [0.717, 1.165) is 0 Å². The maximum atomic E-state index is 13.7. The Balaban J connectivity index is 3.95. The van der Waals surface area contributed by atoms with Gasteiger partial charge in [0.1, 0.15) is 0 Å². The molecule has 1 rings (SSSR count). The quantitative estimate of drug-likeness (QED) is 0.241. The van der Waals surface area contributed by atoms with Crippen LogP contribution in [-0.4, -0.2) is 71.0 Å². The van der Waals surface area contributed by atoms with Crippen LogP contribution in [0.3, 0.4) is 0 Å². The van der Waals surface area contributed by atoms with Crippen LogP contribution in [0.25, 0.3) is 0 Å². The van der Waals surface area contributed by atoms with Crippen LogP contribution in [0.5, 0.6) is 0 Å². The molecule has 0 aromatic heterocycles. The van der Waals surface area contributed by atoms with E-state index in [-0.39, 0.29) is 0 Å². The first-order chi connectivity index (χ1) is 15.1. The van der Waals surface area contributed by atoms with Crippen molar-refractivity contribution in [1.29, 1.82) is 0 Å². The molecule has 0 spiro atoms. The second-order valence-electron chi connectivity index (χ2n) is 6.46. The Hall–Kier alpha value is -1.69. The lowest BCUT2D eigenvalue weighted by atomic mass is 9.92. The Kier molecular flexibility index (Phi) is 6.69. The highest BCUT2D eigenvalue weighted by atomic mass is 19.4. The van der Waals surface area contributed by atoms with Crippen molar-refractivity contribution in [2.45, 2.75) is 66.1 Å². The molecule has 0 amide bonds. The monoisotopic (exact) mass is 599 g/mol. The minimum atomic E-state index is -9.31. The number of rotatable bonds is 6. The van der Waals surface area contributed by atoms with E-state index in [1.807, 2.05) is 0 Å². The van der Waals surface area contributed by atoms with Gasteiger partial charge in [-0.2, -0.15) is 101 Å². The van der Waals surface area contributed by atoms with Crippen molar-refractivity contribution < 1.29 is 106 Å². The van der Waals surface area contributed by atoms with Crippen LogP contribution in [0, 0.1) is 0 Å². The number of hydrogen-bond donors (Lipinski definition) is 0. The van der Waals surface area contributed by atoms with Gasteiger partial charge in [0.15, 0.2) is 0 Å². The van der Waals surface area contributed by atoms with Gasteiger partial charge in [-0.15, -0.1) is 0 Å². The molecule has 0 aromatic carbocycles. The van der Waals surface area contributed by atoms with Gasteiger partial charge in [0, 0.05) is 0 Å². The lowest BCUT2D eigenvalue weighted by molar-refractivity contribution is -0.598. The maximum absolute atomic E-state index is 13.7. The summed E-state index contributed by atoms with van der Waals surface area (Å²) in [6, 6.07) is -25.1. The zero-order valence-corrected chi connectivity index (χ0v) is 15.0. The Morgan fingerprint density at radius 1 is 0.389 bits per heavy atom. The summed E-state index contributed by atoms with van der Waals surface area (Å²) >= 11 is 0. The molecule has 1 aliphatic heterocycles. The van der Waals surface area contributed by atoms with Crippen molar-refractivity contribution in [3.8, 4) is 0 Å². The van der Waals surface area contributed by atoms with Crippen LogP contribution < -0.4 is 0 Å². The molecule has 0 N–H and O–H groups in total. The van der Waals surface area contributed by atoms with Crippen LogP contribution in [0.15, 0.2) is 0 Å². The molecule has 36 heavy (non-hydrogen) atoms. The van der Waals surface area contributed by atoms with Crippen LogP contribution in [0.2, 0.25) is 0 Å². The molecule has 0 unspecified atom stereocenters. The first-order valence-corrected chi connectivity index (χ1v) is 7.43. The number of ether oxygens (including phenoxy) is 1. The van der Waals surface area contributed by atoms with Crippen LogP contribution in [-0.2, 0) is 4.74 Å². The number of hydrogen-bond acceptors (Lipinski definition) is 2. The molecule has 0 radical (unpaired) electrons. The summed E-state index contributed by atoms with van der Waals surface area (Å²) in [4.78, 5) is -4.87. The third-order valence-corrected chi connectivity index (χ3v) is 4.11. The smallest absolute Gasteiger partial charge is 0.243 e. The predicted octanol–water partition coefficient (Wildman–Crippen LogP) is 7.02. The molecule has 1 fully saturated rings. The van der Waals surface area contributed by atoms with Gasteiger partial charge in [-0.1, -0.05) is 4.90 Å². The van der Waals surface area contributed by atoms with Crippen molar-refractivity contribution in [2.75, 3.05) is 0 Å². The third kappa shape index (κ3) is 3.56. The number of nitrogens with zero attached hydrogens (tertiary/aromatic N) is 1. The molecule has 0 saturated carbocycles. The summed E-state index contributed by atoms with van der Waals surface area (Å²) in [5.41, 5.74) is 0. The zero-order valence-electron chi connectivity index (χ0n) is 15.0. The Bertz CT molecular complexity index is 827. The first-order valence-electron chi connectivity index (χ1n) is 7.43. The Morgan fingerprint density at radius 2 is 0.639 bits per heavy atom. The van der Waals surface area contributed by atoms with Crippen molar-refractivity contribution in [3.05, 3.63) is 0 Å². The molecule has 0 atom stereocenters. The van der Waals surface area contributed by atoms with Crippen molar-refractivity contribution >= 4 is 0 Å². The fourth-order valence-corrected chi connectivity index (χ4v) is 2.17. The fraction of sp³-hybridized carbons (Fsp3) is 1.00. The second-order valence-corrected chi connectivity index (χ2v) is 6.46. The van der Waals surface area contributed by atoms with E-state index in [1.165, 1.54) is 4.74 Å². The van der Waals surface area contributed by atoms with Crippen molar-refractivity contribution in [1.82, 2.24) is 4.90 Å². The Morgan fingerprint density at radius 3 is 0.917 bits per heavy atom.